The average molecular weight is 451 g/mol. The van der Waals surface area contributed by atoms with Crippen LogP contribution in [0.15, 0.2) is 61.2 Å². The van der Waals surface area contributed by atoms with Crippen LogP contribution in [0.1, 0.15) is 43.7 Å². The standard InChI is InChI=1S/C26H30N2O5/c1-4-10-22(24(29)28-23(25(30)31)16(3)5-2)27-26(32)33-15-21-19-13-8-6-11-17(19)18-12-7-9-14-20(18)21/h4,6-9,11-14,16,21-23H,1,5,10,15H2,2-3H3,(H,27,32)(H,28,29)(H,30,31)/t16?,22?,23-/m0/s1. The van der Waals surface area contributed by atoms with E-state index in [0.29, 0.717) is 6.42 Å². The Morgan fingerprint density at radius 3 is 2.15 bits per heavy atom. The summed E-state index contributed by atoms with van der Waals surface area (Å²) in [5.41, 5.74) is 4.42. The summed E-state index contributed by atoms with van der Waals surface area (Å²) in [4.78, 5) is 36.8. The van der Waals surface area contributed by atoms with Crippen LogP contribution in [0.2, 0.25) is 0 Å². The third-order valence-corrected chi connectivity index (χ3v) is 6.13. The van der Waals surface area contributed by atoms with E-state index in [9.17, 15) is 19.5 Å². The van der Waals surface area contributed by atoms with E-state index < -0.39 is 30.1 Å². The van der Waals surface area contributed by atoms with Crippen LogP contribution in [-0.2, 0) is 14.3 Å². The van der Waals surface area contributed by atoms with Gasteiger partial charge in [0.2, 0.25) is 5.91 Å². The van der Waals surface area contributed by atoms with Gasteiger partial charge in [0.1, 0.15) is 18.7 Å². The summed E-state index contributed by atoms with van der Waals surface area (Å²) in [6, 6.07) is 14.0. The number of carbonyl (C=O) groups excluding carboxylic acids is 2. The Kier molecular flexibility index (Phi) is 7.87. The molecule has 0 fully saturated rings. The normalized spacial score (nSPS) is 14.8. The van der Waals surface area contributed by atoms with Crippen molar-refractivity contribution >= 4 is 18.0 Å². The third kappa shape index (κ3) is 5.42. The number of aliphatic carboxylic acids is 1. The molecule has 0 saturated carbocycles. The number of hydrogen-bond acceptors (Lipinski definition) is 4. The molecule has 2 unspecified atom stereocenters. The Balaban J connectivity index is 1.65. The number of benzene rings is 2. The second-order valence-electron chi connectivity index (χ2n) is 8.26. The van der Waals surface area contributed by atoms with Crippen molar-refractivity contribution in [2.24, 2.45) is 5.92 Å². The molecular formula is C26H30N2O5. The number of fused-ring (bicyclic) bond motifs is 3. The zero-order valence-electron chi connectivity index (χ0n) is 18.9. The zero-order chi connectivity index (χ0) is 24.0. The minimum atomic E-state index is -1.11. The highest BCUT2D eigenvalue weighted by Gasteiger charge is 2.31. The molecule has 0 heterocycles. The summed E-state index contributed by atoms with van der Waals surface area (Å²) < 4.78 is 5.51. The predicted octanol–water partition coefficient (Wildman–Crippen LogP) is 4.09. The second kappa shape index (κ2) is 10.8. The van der Waals surface area contributed by atoms with Gasteiger partial charge in [0, 0.05) is 5.92 Å². The van der Waals surface area contributed by atoms with Gasteiger partial charge in [-0.15, -0.1) is 6.58 Å². The number of carboxylic acid groups (broad SMARTS) is 1. The van der Waals surface area contributed by atoms with Crippen molar-refractivity contribution in [3.05, 3.63) is 72.3 Å². The number of carbonyl (C=O) groups is 3. The Hall–Kier alpha value is -3.61. The molecule has 2 aromatic rings. The molecule has 2 aromatic carbocycles. The van der Waals surface area contributed by atoms with E-state index in [1.54, 1.807) is 6.92 Å². The third-order valence-electron chi connectivity index (χ3n) is 6.13. The number of alkyl carbamates (subject to hydrolysis) is 1. The van der Waals surface area contributed by atoms with Gasteiger partial charge in [0.05, 0.1) is 0 Å². The summed E-state index contributed by atoms with van der Waals surface area (Å²) in [7, 11) is 0. The molecule has 7 nitrogen and oxygen atoms in total. The van der Waals surface area contributed by atoms with Crippen LogP contribution < -0.4 is 10.6 Å². The van der Waals surface area contributed by atoms with Crippen LogP contribution >= 0.6 is 0 Å². The van der Waals surface area contributed by atoms with Gasteiger partial charge in [-0.25, -0.2) is 9.59 Å². The SMILES string of the molecule is C=CCC(NC(=O)OCC1c2ccccc2-c2ccccc21)C(=O)N[C@H](C(=O)O)C(C)CC. The lowest BCUT2D eigenvalue weighted by Crippen LogP contribution is -2.53. The number of hydrogen-bond donors (Lipinski definition) is 3. The maximum atomic E-state index is 12.7. The molecule has 0 saturated heterocycles. The molecule has 33 heavy (non-hydrogen) atoms. The molecule has 3 N–H and O–H groups in total. The van der Waals surface area contributed by atoms with E-state index in [1.807, 2.05) is 43.3 Å². The van der Waals surface area contributed by atoms with Crippen molar-refractivity contribution in [1.82, 2.24) is 10.6 Å². The molecule has 1 aliphatic rings. The molecule has 2 amide bonds. The number of rotatable bonds is 10. The molecular weight excluding hydrogens is 420 g/mol. The van der Waals surface area contributed by atoms with E-state index in [4.69, 9.17) is 4.74 Å². The maximum absolute atomic E-state index is 12.7. The monoisotopic (exact) mass is 450 g/mol. The lowest BCUT2D eigenvalue weighted by Gasteiger charge is -2.24. The highest BCUT2D eigenvalue weighted by molar-refractivity contribution is 5.89. The fourth-order valence-electron chi connectivity index (χ4n) is 4.12. The van der Waals surface area contributed by atoms with E-state index in [2.05, 4.69) is 29.3 Å². The van der Waals surface area contributed by atoms with Gasteiger partial charge >= 0.3 is 12.1 Å². The molecule has 0 radical (unpaired) electrons. The molecule has 3 rings (SSSR count). The number of ether oxygens (including phenoxy) is 1. The van der Waals surface area contributed by atoms with Crippen LogP contribution in [0.3, 0.4) is 0 Å². The van der Waals surface area contributed by atoms with E-state index >= 15 is 0 Å². The Morgan fingerprint density at radius 1 is 1.06 bits per heavy atom. The van der Waals surface area contributed by atoms with Gasteiger partial charge in [-0.2, -0.15) is 0 Å². The first kappa shape index (κ1) is 24.0. The summed E-state index contributed by atoms with van der Waals surface area (Å²) in [5, 5.41) is 14.5. The van der Waals surface area contributed by atoms with E-state index in [0.717, 1.165) is 22.3 Å². The van der Waals surface area contributed by atoms with E-state index in [-0.39, 0.29) is 24.9 Å². The average Bonchev–Trinajstić information content (AvgIpc) is 3.13. The van der Waals surface area contributed by atoms with Gasteiger partial charge in [-0.3, -0.25) is 4.79 Å². The van der Waals surface area contributed by atoms with Crippen molar-refractivity contribution in [3.63, 3.8) is 0 Å². The topological polar surface area (TPSA) is 105 Å². The van der Waals surface area contributed by atoms with Gasteiger partial charge < -0.3 is 20.5 Å². The molecule has 1 aliphatic carbocycles. The number of nitrogens with one attached hydrogen (secondary N) is 2. The number of carboxylic acids is 1. The fraction of sp³-hybridized carbons (Fsp3) is 0.346. The second-order valence-corrected chi connectivity index (χ2v) is 8.26. The zero-order valence-corrected chi connectivity index (χ0v) is 18.9. The van der Waals surface area contributed by atoms with Gasteiger partial charge in [-0.1, -0.05) is 74.9 Å². The summed E-state index contributed by atoms with van der Waals surface area (Å²) >= 11 is 0. The first-order chi connectivity index (χ1) is 15.9. The molecule has 3 atom stereocenters. The maximum Gasteiger partial charge on any atom is 0.407 e. The van der Waals surface area contributed by atoms with Crippen molar-refractivity contribution in [2.75, 3.05) is 6.61 Å². The smallest absolute Gasteiger partial charge is 0.407 e. The van der Waals surface area contributed by atoms with Crippen molar-refractivity contribution in [2.45, 2.75) is 44.7 Å². The Labute approximate surface area is 193 Å². The summed E-state index contributed by atoms with van der Waals surface area (Å²) in [5.74, 6) is -2.06. The first-order valence-electron chi connectivity index (χ1n) is 11.1. The lowest BCUT2D eigenvalue weighted by atomic mass is 9.98. The minimum absolute atomic E-state index is 0.100. The highest BCUT2D eigenvalue weighted by atomic mass is 16.5. The highest BCUT2D eigenvalue weighted by Crippen LogP contribution is 2.44. The van der Waals surface area contributed by atoms with Crippen molar-refractivity contribution < 1.29 is 24.2 Å². The van der Waals surface area contributed by atoms with Crippen LogP contribution in [0.4, 0.5) is 4.79 Å². The number of amides is 2. The Morgan fingerprint density at radius 2 is 1.64 bits per heavy atom. The summed E-state index contributed by atoms with van der Waals surface area (Å²) in [6.07, 6.45) is 1.48. The quantitative estimate of drug-likeness (QED) is 0.473. The minimum Gasteiger partial charge on any atom is -0.480 e. The molecule has 0 bridgehead atoms. The van der Waals surface area contributed by atoms with Crippen LogP contribution in [0.5, 0.6) is 0 Å². The van der Waals surface area contributed by atoms with Gasteiger partial charge in [0.25, 0.3) is 0 Å². The van der Waals surface area contributed by atoms with E-state index in [1.165, 1.54) is 6.08 Å². The lowest BCUT2D eigenvalue weighted by molar-refractivity contribution is -0.143. The molecule has 174 valence electrons. The van der Waals surface area contributed by atoms with Crippen molar-refractivity contribution in [3.8, 4) is 11.1 Å². The van der Waals surface area contributed by atoms with Crippen molar-refractivity contribution in [1.29, 1.82) is 0 Å². The molecule has 0 aromatic heterocycles. The van der Waals surface area contributed by atoms with Crippen LogP contribution in [-0.4, -0.2) is 41.8 Å². The predicted molar refractivity (Wildman–Crippen MR) is 126 cm³/mol. The largest absolute Gasteiger partial charge is 0.480 e. The van der Waals surface area contributed by atoms with Crippen LogP contribution in [0.25, 0.3) is 11.1 Å². The fourth-order valence-corrected chi connectivity index (χ4v) is 4.12. The molecule has 0 aliphatic heterocycles. The Bertz CT molecular complexity index is 989. The van der Waals surface area contributed by atoms with Crippen LogP contribution in [0, 0.1) is 5.92 Å². The van der Waals surface area contributed by atoms with Gasteiger partial charge in [0.15, 0.2) is 0 Å². The first-order valence-corrected chi connectivity index (χ1v) is 11.1. The van der Waals surface area contributed by atoms with Gasteiger partial charge in [-0.05, 0) is 34.6 Å². The molecule has 0 spiro atoms. The summed E-state index contributed by atoms with van der Waals surface area (Å²) in [6.45, 7) is 7.34. The molecule has 7 heteroatoms.